The Morgan fingerprint density at radius 1 is 1.56 bits per heavy atom. The van der Waals surface area contributed by atoms with Gasteiger partial charge in [0.1, 0.15) is 0 Å². The van der Waals surface area contributed by atoms with E-state index in [0.29, 0.717) is 5.65 Å². The fourth-order valence-electron chi connectivity index (χ4n) is 0.585. The van der Waals surface area contributed by atoms with Gasteiger partial charge in [0.15, 0.2) is 11.2 Å². The fraction of sp³-hybridized carbons (Fsp3) is 0. The van der Waals surface area contributed by atoms with Gasteiger partial charge in [0.05, 0.1) is 10.9 Å². The average molecular weight is 136 g/mol. The van der Waals surface area contributed by atoms with Gasteiger partial charge in [-0.2, -0.15) is 5.10 Å². The topological polar surface area (TPSA) is 38.7 Å². The molecule has 0 aromatic carbocycles. The maximum absolute atomic E-state index is 3.84. The smallest absolute Gasteiger partial charge is 0.193 e. The van der Waals surface area contributed by atoms with Crippen molar-refractivity contribution in [2.45, 2.75) is 0 Å². The van der Waals surface area contributed by atoms with E-state index < -0.39 is 0 Å². The molecule has 0 saturated heterocycles. The lowest BCUT2D eigenvalue weighted by atomic mass is 10.6. The standard InChI is InChI=1S/C5H2N3S/c1-2-7-8-5-4(1)9-3-6-5/h1-2H. The van der Waals surface area contributed by atoms with Gasteiger partial charge in [-0.05, 0) is 6.07 Å². The number of hydrogen-bond acceptors (Lipinski definition) is 4. The van der Waals surface area contributed by atoms with E-state index in [1.807, 2.05) is 6.07 Å². The van der Waals surface area contributed by atoms with Crippen LogP contribution in [0.3, 0.4) is 0 Å². The Hall–Kier alpha value is -1.03. The molecule has 1 radical (unpaired) electrons. The van der Waals surface area contributed by atoms with Gasteiger partial charge in [-0.15, -0.1) is 16.4 Å². The highest BCUT2D eigenvalue weighted by Crippen LogP contribution is 2.11. The number of hydrogen-bond donors (Lipinski definition) is 0. The lowest BCUT2D eigenvalue weighted by molar-refractivity contribution is 1.06. The lowest BCUT2D eigenvalue weighted by Crippen LogP contribution is -1.77. The summed E-state index contributed by atoms with van der Waals surface area (Å²) in [5.41, 5.74) is 3.41. The fourth-order valence-corrected chi connectivity index (χ4v) is 1.12. The first-order valence-corrected chi connectivity index (χ1v) is 3.23. The van der Waals surface area contributed by atoms with E-state index in [2.05, 4.69) is 20.7 Å². The third-order valence-electron chi connectivity index (χ3n) is 0.973. The second-order valence-corrected chi connectivity index (χ2v) is 2.35. The summed E-state index contributed by atoms with van der Waals surface area (Å²) in [5.74, 6) is 0. The van der Waals surface area contributed by atoms with Crippen LogP contribution in [0.2, 0.25) is 0 Å². The Morgan fingerprint density at radius 2 is 2.56 bits per heavy atom. The highest BCUT2D eigenvalue weighted by atomic mass is 32.1. The molecule has 0 aliphatic heterocycles. The van der Waals surface area contributed by atoms with Gasteiger partial charge in [0, 0.05) is 0 Å². The van der Waals surface area contributed by atoms with Crippen molar-refractivity contribution in [1.29, 1.82) is 0 Å². The number of nitrogens with zero attached hydrogens (tertiary/aromatic N) is 3. The monoisotopic (exact) mass is 136 g/mol. The SMILES string of the molecule is [c]1nc2nnccc2s1. The number of aromatic nitrogens is 3. The van der Waals surface area contributed by atoms with Crippen molar-refractivity contribution >= 4 is 21.7 Å². The molecule has 0 aliphatic rings. The van der Waals surface area contributed by atoms with Crippen molar-refractivity contribution in [2.24, 2.45) is 0 Å². The number of fused-ring (bicyclic) bond motifs is 1. The first-order valence-electron chi connectivity index (χ1n) is 2.41. The van der Waals surface area contributed by atoms with Gasteiger partial charge in [-0.25, -0.2) is 4.98 Å². The molecule has 0 atom stereocenters. The maximum Gasteiger partial charge on any atom is 0.193 e. The number of rotatable bonds is 0. The molecule has 0 bridgehead atoms. The van der Waals surface area contributed by atoms with Gasteiger partial charge >= 0.3 is 0 Å². The summed E-state index contributed by atoms with van der Waals surface area (Å²) >= 11 is 1.45. The van der Waals surface area contributed by atoms with Gasteiger partial charge in [-0.1, -0.05) is 0 Å². The molecule has 0 aliphatic carbocycles. The molecule has 0 spiro atoms. The zero-order valence-corrected chi connectivity index (χ0v) is 5.22. The highest BCUT2D eigenvalue weighted by molar-refractivity contribution is 7.16. The van der Waals surface area contributed by atoms with Crippen LogP contribution in [0.15, 0.2) is 12.3 Å². The van der Waals surface area contributed by atoms with Crippen LogP contribution >= 0.6 is 11.3 Å². The minimum atomic E-state index is 0.683. The molecule has 3 nitrogen and oxygen atoms in total. The van der Waals surface area contributed by atoms with E-state index in [9.17, 15) is 0 Å². The van der Waals surface area contributed by atoms with Crippen molar-refractivity contribution in [3.05, 3.63) is 17.8 Å². The summed E-state index contributed by atoms with van der Waals surface area (Å²) in [6.45, 7) is 0. The molecule has 0 saturated carbocycles. The van der Waals surface area contributed by atoms with Crippen molar-refractivity contribution in [2.75, 3.05) is 0 Å². The summed E-state index contributed by atoms with van der Waals surface area (Å²) in [5, 5.41) is 7.42. The second-order valence-electron chi connectivity index (χ2n) is 1.52. The molecule has 0 amide bonds. The molecule has 2 aromatic rings. The third-order valence-corrected chi connectivity index (χ3v) is 1.69. The molecule has 9 heavy (non-hydrogen) atoms. The first kappa shape index (κ1) is 4.81. The summed E-state index contributed by atoms with van der Waals surface area (Å²) in [6, 6.07) is 1.87. The first-order chi connectivity index (χ1) is 4.47. The van der Waals surface area contributed by atoms with Crippen LogP contribution in [-0.4, -0.2) is 15.2 Å². The van der Waals surface area contributed by atoms with Crippen molar-refractivity contribution in [3.8, 4) is 0 Å². The van der Waals surface area contributed by atoms with E-state index in [-0.39, 0.29) is 0 Å². The van der Waals surface area contributed by atoms with Crippen LogP contribution in [0.25, 0.3) is 10.3 Å². The second kappa shape index (κ2) is 1.73. The molecule has 0 unspecified atom stereocenters. The third kappa shape index (κ3) is 0.675. The Bertz CT molecular complexity index is 286. The molecular formula is C5H2N3S. The van der Waals surface area contributed by atoms with E-state index in [1.54, 1.807) is 6.20 Å². The average Bonchev–Trinajstić information content (AvgIpc) is 2.33. The summed E-state index contributed by atoms with van der Waals surface area (Å²) in [6.07, 6.45) is 1.65. The van der Waals surface area contributed by atoms with E-state index in [1.165, 1.54) is 11.3 Å². The van der Waals surface area contributed by atoms with Crippen LogP contribution in [-0.2, 0) is 0 Å². The Kier molecular flexibility index (Phi) is 0.927. The van der Waals surface area contributed by atoms with Gasteiger partial charge in [0.25, 0.3) is 0 Å². The molecule has 2 heterocycles. The van der Waals surface area contributed by atoms with Crippen molar-refractivity contribution in [1.82, 2.24) is 15.2 Å². The molecule has 2 rings (SSSR count). The molecular weight excluding hydrogens is 134 g/mol. The van der Waals surface area contributed by atoms with Crippen LogP contribution in [0.5, 0.6) is 0 Å². The predicted octanol–water partition coefficient (Wildman–Crippen LogP) is 0.886. The minimum absolute atomic E-state index is 0.683. The highest BCUT2D eigenvalue weighted by Gasteiger charge is 1.93. The van der Waals surface area contributed by atoms with Crippen LogP contribution in [0.1, 0.15) is 0 Å². The molecule has 0 fully saturated rings. The number of thiazole rings is 1. The van der Waals surface area contributed by atoms with Gasteiger partial charge in [0.2, 0.25) is 0 Å². The Labute approximate surface area is 55.4 Å². The minimum Gasteiger partial charge on any atom is -0.212 e. The predicted molar refractivity (Wildman–Crippen MR) is 34.0 cm³/mol. The largest absolute Gasteiger partial charge is 0.212 e. The summed E-state index contributed by atoms with van der Waals surface area (Å²) in [4.78, 5) is 3.84. The van der Waals surface area contributed by atoms with Crippen LogP contribution in [0.4, 0.5) is 0 Å². The van der Waals surface area contributed by atoms with Crippen LogP contribution < -0.4 is 0 Å². The van der Waals surface area contributed by atoms with E-state index in [4.69, 9.17) is 0 Å². The summed E-state index contributed by atoms with van der Waals surface area (Å²) in [7, 11) is 0. The van der Waals surface area contributed by atoms with Crippen LogP contribution in [0, 0.1) is 5.51 Å². The van der Waals surface area contributed by atoms with Crippen molar-refractivity contribution in [3.63, 3.8) is 0 Å². The Balaban J connectivity index is 2.95. The van der Waals surface area contributed by atoms with E-state index >= 15 is 0 Å². The quantitative estimate of drug-likeness (QED) is 0.539. The molecule has 2 aromatic heterocycles. The normalized spacial score (nSPS) is 10.2. The zero-order chi connectivity index (χ0) is 6.10. The maximum atomic E-state index is 3.84. The lowest BCUT2D eigenvalue weighted by Gasteiger charge is -1.78. The zero-order valence-electron chi connectivity index (χ0n) is 4.40. The molecule has 43 valence electrons. The Morgan fingerprint density at radius 3 is 3.44 bits per heavy atom. The van der Waals surface area contributed by atoms with Gasteiger partial charge < -0.3 is 0 Å². The molecule has 0 N–H and O–H groups in total. The van der Waals surface area contributed by atoms with Gasteiger partial charge in [-0.3, -0.25) is 0 Å². The molecule has 4 heteroatoms. The van der Waals surface area contributed by atoms with Crippen molar-refractivity contribution < 1.29 is 0 Å². The summed E-state index contributed by atoms with van der Waals surface area (Å²) < 4.78 is 1.03. The van der Waals surface area contributed by atoms with E-state index in [0.717, 1.165) is 4.70 Å².